The number of aryl methyl sites for hydroxylation is 2. The fourth-order valence-corrected chi connectivity index (χ4v) is 10.8. The molecule has 2 aliphatic heterocycles. The van der Waals surface area contributed by atoms with Crippen molar-refractivity contribution in [2.75, 3.05) is 13.7 Å². The third-order valence-electron chi connectivity index (χ3n) is 14.3. The van der Waals surface area contributed by atoms with E-state index < -0.39 is 29.4 Å². The number of methoxy groups -OCH3 is 1. The van der Waals surface area contributed by atoms with Gasteiger partial charge >= 0.3 is 11.8 Å². The van der Waals surface area contributed by atoms with Crippen LogP contribution in [0.1, 0.15) is 78.6 Å². The minimum Gasteiger partial charge on any atom is -0.481 e. The summed E-state index contributed by atoms with van der Waals surface area (Å²) in [5.41, 5.74) is 8.97. The van der Waals surface area contributed by atoms with Gasteiger partial charge in [-0.3, -0.25) is 23.9 Å². The van der Waals surface area contributed by atoms with Crippen LogP contribution in [0.5, 0.6) is 5.88 Å². The molecule has 1 saturated carbocycles. The topological polar surface area (TPSA) is 181 Å². The predicted molar refractivity (Wildman–Crippen MR) is 255 cm³/mol. The molecule has 69 heavy (non-hydrogen) atoms. The van der Waals surface area contributed by atoms with Crippen molar-refractivity contribution >= 4 is 33.8 Å². The smallest absolute Gasteiger partial charge is 0.427 e. The number of nitrogens with one attached hydrogen (secondary N) is 2. The molecule has 354 valence electrons. The lowest BCUT2D eigenvalue weighted by atomic mass is 9.98. The van der Waals surface area contributed by atoms with E-state index in [9.17, 15) is 14.7 Å². The van der Waals surface area contributed by atoms with Gasteiger partial charge in [0.15, 0.2) is 0 Å². The SMILES string of the molecule is COc1nccc(-c2ccc3c(c2)cc(C(=O)N2CCc4nn(-c5cc(C)c(F)c(C)c5)c(-n5ccn(-c6ccc7c(cnn7CC(C)(C)O)c6)c5=O)c4[C@@H]2C)n3[C@@]2(C3NOC(=O)N3)C[C@@H]2C)c1C. The van der Waals surface area contributed by atoms with Crippen LogP contribution in [0.2, 0.25) is 0 Å². The minimum absolute atomic E-state index is 0.0452. The quantitative estimate of drug-likeness (QED) is 0.128. The molecule has 3 aromatic carbocycles. The monoisotopic (exact) mass is 933 g/mol. The normalized spacial score (nSPS) is 20.1. The van der Waals surface area contributed by atoms with Crippen molar-refractivity contribution in [2.45, 2.75) is 91.2 Å². The van der Waals surface area contributed by atoms with Crippen molar-refractivity contribution in [1.29, 1.82) is 0 Å². The Labute approximate surface area is 395 Å². The number of rotatable bonds is 10. The molecule has 0 bridgehead atoms. The molecule has 7 heterocycles. The van der Waals surface area contributed by atoms with Crippen LogP contribution in [-0.4, -0.2) is 85.7 Å². The van der Waals surface area contributed by atoms with Gasteiger partial charge in [0, 0.05) is 59.0 Å². The van der Waals surface area contributed by atoms with E-state index in [-0.39, 0.29) is 29.9 Å². The summed E-state index contributed by atoms with van der Waals surface area (Å²) in [4.78, 5) is 54.4. The van der Waals surface area contributed by atoms with Crippen LogP contribution in [-0.2, 0) is 23.3 Å². The molecule has 3 N–H and O–H groups in total. The number of hydrogen-bond acceptors (Lipinski definition) is 10. The summed E-state index contributed by atoms with van der Waals surface area (Å²) in [6.07, 6.45) is 6.61. The summed E-state index contributed by atoms with van der Waals surface area (Å²) in [5, 5.41) is 24.7. The Morgan fingerprint density at radius 2 is 1.71 bits per heavy atom. The molecule has 1 aliphatic carbocycles. The summed E-state index contributed by atoms with van der Waals surface area (Å²) in [5.74, 6) is 0.426. The number of aliphatic hydroxyl groups is 1. The van der Waals surface area contributed by atoms with Crippen LogP contribution in [0, 0.1) is 32.5 Å². The Morgan fingerprint density at radius 3 is 2.41 bits per heavy atom. The maximum Gasteiger partial charge on any atom is 0.427 e. The Kier molecular flexibility index (Phi) is 10.0. The second-order valence-corrected chi connectivity index (χ2v) is 19.4. The number of pyridine rings is 1. The van der Waals surface area contributed by atoms with Crippen LogP contribution in [0.25, 0.3) is 50.1 Å². The third-order valence-corrected chi connectivity index (χ3v) is 14.3. The number of aromatic nitrogens is 8. The van der Waals surface area contributed by atoms with E-state index in [0.29, 0.717) is 70.5 Å². The Balaban J connectivity index is 1.04. The van der Waals surface area contributed by atoms with Gasteiger partial charge in [0.05, 0.1) is 59.6 Å². The van der Waals surface area contributed by atoms with Crippen LogP contribution in [0.4, 0.5) is 9.18 Å². The van der Waals surface area contributed by atoms with E-state index in [1.54, 1.807) is 85.7 Å². The van der Waals surface area contributed by atoms with Crippen LogP contribution < -0.4 is 21.2 Å². The van der Waals surface area contributed by atoms with E-state index in [1.807, 2.05) is 61.2 Å². The molecule has 2 fully saturated rings. The highest BCUT2D eigenvalue weighted by atomic mass is 19.1. The van der Waals surface area contributed by atoms with Crippen molar-refractivity contribution in [2.24, 2.45) is 5.92 Å². The zero-order valence-corrected chi connectivity index (χ0v) is 39.5. The zero-order chi connectivity index (χ0) is 48.4. The number of hydrogen-bond donors (Lipinski definition) is 3. The number of nitrogens with zero attached hydrogens (tertiary/aromatic N) is 9. The molecule has 1 unspecified atom stereocenters. The molecule has 2 amide bonds. The number of carbonyl (C=O) groups excluding carboxylic acids is 2. The standard InChI is InChI=1S/C51H52FN11O6/c1-27-19-36(20-28(2)43(27)52)63-45(60-18-17-59(49(60)66)35-10-12-39-34(22-35)25-54-61(39)26-50(6,7)67)42-31(5)58(16-14-38(42)56-63)46(64)41-23-33-21-32(37-13-15-53-44(68-8)30(37)4)9-11-40(33)62(41)51(24-29(51)3)47-55-48(65)69-57-47/h9-13,15,17-23,25,29,31,47,57,67H,14,16,24,26H2,1-8H3,(H,55,65)/t29-,31-,47?,51-/m0/s1. The van der Waals surface area contributed by atoms with E-state index in [1.165, 1.54) is 4.57 Å². The molecule has 4 atom stereocenters. The molecule has 5 aromatic heterocycles. The Morgan fingerprint density at radius 1 is 0.971 bits per heavy atom. The largest absolute Gasteiger partial charge is 0.481 e. The van der Waals surface area contributed by atoms with E-state index >= 15 is 9.18 Å². The first kappa shape index (κ1) is 44.0. The van der Waals surface area contributed by atoms with E-state index in [2.05, 4.69) is 38.4 Å². The molecular weight excluding hydrogens is 882 g/mol. The maximum atomic E-state index is 15.6. The highest BCUT2D eigenvalue weighted by Crippen LogP contribution is 2.55. The van der Waals surface area contributed by atoms with Gasteiger partial charge in [-0.25, -0.2) is 23.6 Å². The predicted octanol–water partition coefficient (Wildman–Crippen LogP) is 7.09. The Bertz CT molecular complexity index is 3480. The average molecular weight is 934 g/mol. The second-order valence-electron chi connectivity index (χ2n) is 19.4. The van der Waals surface area contributed by atoms with Gasteiger partial charge in [-0.2, -0.15) is 10.2 Å². The highest BCUT2D eigenvalue weighted by molar-refractivity contribution is 6.01. The molecule has 1 saturated heterocycles. The van der Waals surface area contributed by atoms with Gasteiger partial charge in [0.1, 0.15) is 23.5 Å². The summed E-state index contributed by atoms with van der Waals surface area (Å²) in [6, 6.07) is 18.4. The molecule has 0 radical (unpaired) electrons. The molecule has 0 spiro atoms. The molecule has 8 aromatic rings. The maximum absolute atomic E-state index is 15.6. The fourth-order valence-electron chi connectivity index (χ4n) is 10.8. The first-order valence-corrected chi connectivity index (χ1v) is 23.0. The summed E-state index contributed by atoms with van der Waals surface area (Å²) < 4.78 is 29.3. The van der Waals surface area contributed by atoms with Gasteiger partial charge < -0.3 is 24.1 Å². The Hall–Kier alpha value is -7.57. The van der Waals surface area contributed by atoms with Crippen molar-refractivity contribution in [3.8, 4) is 34.2 Å². The van der Waals surface area contributed by atoms with E-state index in [4.69, 9.17) is 14.7 Å². The second kappa shape index (κ2) is 15.7. The first-order chi connectivity index (χ1) is 33.0. The summed E-state index contributed by atoms with van der Waals surface area (Å²) >= 11 is 0. The molecule has 18 heteroatoms. The molecular formula is C51H52FN11O6. The van der Waals surface area contributed by atoms with Gasteiger partial charge in [-0.15, -0.1) is 5.48 Å². The molecule has 17 nitrogen and oxygen atoms in total. The fraction of sp³-hybridized carbons (Fsp3) is 0.333. The van der Waals surface area contributed by atoms with Gasteiger partial charge in [-0.05, 0) is 131 Å². The summed E-state index contributed by atoms with van der Waals surface area (Å²) in [6.45, 7) is 13.4. The number of benzene rings is 3. The summed E-state index contributed by atoms with van der Waals surface area (Å²) in [7, 11) is 1.59. The minimum atomic E-state index is -0.982. The number of halogens is 1. The molecule has 11 rings (SSSR count). The van der Waals surface area contributed by atoms with Crippen molar-refractivity contribution in [1.82, 2.24) is 53.9 Å². The number of carbonyl (C=O) groups is 2. The van der Waals surface area contributed by atoms with Gasteiger partial charge in [0.25, 0.3) is 5.91 Å². The van der Waals surface area contributed by atoms with Crippen molar-refractivity contribution in [3.63, 3.8) is 0 Å². The average Bonchev–Trinajstić information content (AvgIpc) is 3.95. The number of ether oxygens (including phenoxy) is 1. The lowest BCUT2D eigenvalue weighted by molar-refractivity contribution is 0.0590. The third kappa shape index (κ3) is 6.94. The van der Waals surface area contributed by atoms with Gasteiger partial charge in [0.2, 0.25) is 5.88 Å². The van der Waals surface area contributed by atoms with E-state index in [0.717, 1.165) is 38.5 Å². The first-order valence-electron chi connectivity index (χ1n) is 23.0. The lowest BCUT2D eigenvalue weighted by Gasteiger charge is -2.35. The van der Waals surface area contributed by atoms with Crippen LogP contribution in [0.15, 0.2) is 90.2 Å². The van der Waals surface area contributed by atoms with Gasteiger partial charge in [-0.1, -0.05) is 13.0 Å². The zero-order valence-electron chi connectivity index (χ0n) is 39.5. The number of imidazole rings is 1. The van der Waals surface area contributed by atoms with Crippen molar-refractivity contribution < 1.29 is 28.7 Å². The van der Waals surface area contributed by atoms with Crippen LogP contribution in [0.3, 0.4) is 0 Å². The highest BCUT2D eigenvalue weighted by Gasteiger charge is 2.62. The van der Waals surface area contributed by atoms with Crippen LogP contribution >= 0.6 is 0 Å². The number of amides is 2. The van der Waals surface area contributed by atoms with Crippen molar-refractivity contribution in [3.05, 3.63) is 135 Å². The number of hydroxylamine groups is 1. The lowest BCUT2D eigenvalue weighted by Crippen LogP contribution is -2.49. The molecule has 3 aliphatic rings. The number of fused-ring (bicyclic) bond motifs is 3.